The molecule has 0 bridgehead atoms. The molecule has 2 heterocycles. The molecule has 3 aromatic rings. The van der Waals surface area contributed by atoms with Crippen LogP contribution in [0.4, 0.5) is 0 Å². The molecular weight excluding hydrogens is 348 g/mol. The second-order valence-corrected chi connectivity index (χ2v) is 7.27. The van der Waals surface area contributed by atoms with Crippen molar-refractivity contribution in [3.63, 3.8) is 0 Å². The van der Waals surface area contributed by atoms with Gasteiger partial charge in [0.2, 0.25) is 5.89 Å². The maximum Gasteiger partial charge on any atom is 0.270 e. The molecule has 0 unspecified atom stereocenters. The van der Waals surface area contributed by atoms with E-state index in [0.717, 1.165) is 17.0 Å². The monoisotopic (exact) mass is 370 g/mol. The van der Waals surface area contributed by atoms with Gasteiger partial charge in [0.1, 0.15) is 10.7 Å². The first-order chi connectivity index (χ1) is 12.5. The summed E-state index contributed by atoms with van der Waals surface area (Å²) in [6, 6.07) is 8.34. The first-order valence-corrected chi connectivity index (χ1v) is 9.54. The van der Waals surface area contributed by atoms with Crippen LogP contribution in [0, 0.1) is 6.92 Å². The lowest BCUT2D eigenvalue weighted by Crippen LogP contribution is -2.25. The van der Waals surface area contributed by atoms with Gasteiger partial charge in [0.15, 0.2) is 5.82 Å². The van der Waals surface area contributed by atoms with Crippen molar-refractivity contribution in [3.05, 3.63) is 52.6 Å². The fourth-order valence-corrected chi connectivity index (χ4v) is 3.30. The van der Waals surface area contributed by atoms with E-state index in [1.54, 1.807) is 12.3 Å². The molecule has 0 saturated carbocycles. The molecule has 26 heavy (non-hydrogen) atoms. The van der Waals surface area contributed by atoms with Crippen molar-refractivity contribution >= 4 is 17.2 Å². The zero-order valence-electron chi connectivity index (χ0n) is 15.2. The Balaban J connectivity index is 1.52. The molecule has 0 aliphatic carbocycles. The fourth-order valence-electron chi connectivity index (χ4n) is 2.49. The predicted octanol–water partition coefficient (Wildman–Crippen LogP) is 3.99. The van der Waals surface area contributed by atoms with Crippen LogP contribution < -0.4 is 5.32 Å². The Bertz CT molecular complexity index is 868. The van der Waals surface area contributed by atoms with Gasteiger partial charge in [-0.25, -0.2) is 4.98 Å². The SMILES string of the molecule is Cc1noc(CCCNC(=O)c2csc(-c3ccc(C(C)C)cc3)n2)n1. The minimum Gasteiger partial charge on any atom is -0.351 e. The zero-order valence-corrected chi connectivity index (χ0v) is 16.0. The van der Waals surface area contributed by atoms with Crippen LogP contribution in [0.5, 0.6) is 0 Å². The topological polar surface area (TPSA) is 80.9 Å². The Morgan fingerprint density at radius 2 is 2.00 bits per heavy atom. The average molecular weight is 370 g/mol. The van der Waals surface area contributed by atoms with Gasteiger partial charge in [-0.3, -0.25) is 4.79 Å². The summed E-state index contributed by atoms with van der Waals surface area (Å²) in [6.07, 6.45) is 1.38. The molecule has 7 heteroatoms. The molecule has 0 aliphatic heterocycles. The number of thiazole rings is 1. The van der Waals surface area contributed by atoms with Gasteiger partial charge in [0.05, 0.1) is 0 Å². The Morgan fingerprint density at radius 3 is 2.65 bits per heavy atom. The quantitative estimate of drug-likeness (QED) is 0.636. The van der Waals surface area contributed by atoms with Crippen LogP contribution in [-0.2, 0) is 6.42 Å². The lowest BCUT2D eigenvalue weighted by atomic mass is 10.0. The maximum atomic E-state index is 12.2. The highest BCUT2D eigenvalue weighted by atomic mass is 32.1. The number of benzene rings is 1. The summed E-state index contributed by atoms with van der Waals surface area (Å²) in [5.74, 6) is 1.56. The smallest absolute Gasteiger partial charge is 0.270 e. The summed E-state index contributed by atoms with van der Waals surface area (Å²) in [6.45, 7) is 6.65. The molecule has 0 atom stereocenters. The molecule has 1 aromatic carbocycles. The van der Waals surface area contributed by atoms with E-state index in [1.165, 1.54) is 16.9 Å². The van der Waals surface area contributed by atoms with Crippen molar-refractivity contribution in [1.82, 2.24) is 20.4 Å². The second kappa shape index (κ2) is 8.23. The zero-order chi connectivity index (χ0) is 18.5. The number of hydrogen-bond donors (Lipinski definition) is 1. The van der Waals surface area contributed by atoms with Gasteiger partial charge in [-0.15, -0.1) is 11.3 Å². The molecule has 1 amide bonds. The number of nitrogens with one attached hydrogen (secondary N) is 1. The third-order valence-corrected chi connectivity index (χ3v) is 4.88. The van der Waals surface area contributed by atoms with E-state index in [-0.39, 0.29) is 5.91 Å². The molecule has 136 valence electrons. The normalized spacial score (nSPS) is 11.1. The van der Waals surface area contributed by atoms with Crippen molar-refractivity contribution in [2.45, 2.75) is 39.5 Å². The van der Waals surface area contributed by atoms with E-state index in [1.807, 2.05) is 0 Å². The van der Waals surface area contributed by atoms with Gasteiger partial charge in [-0.2, -0.15) is 4.98 Å². The standard InChI is InChI=1S/C19H22N4O2S/c1-12(2)14-6-8-15(9-7-14)19-22-16(11-26-19)18(24)20-10-4-5-17-21-13(3)23-25-17/h6-9,11-12H,4-5,10H2,1-3H3,(H,20,24). The van der Waals surface area contributed by atoms with Gasteiger partial charge in [0, 0.05) is 23.9 Å². The molecule has 1 N–H and O–H groups in total. The summed E-state index contributed by atoms with van der Waals surface area (Å²) in [5.41, 5.74) is 2.77. The Kier molecular flexibility index (Phi) is 5.78. The van der Waals surface area contributed by atoms with E-state index >= 15 is 0 Å². The summed E-state index contributed by atoms with van der Waals surface area (Å²) >= 11 is 1.48. The van der Waals surface area contributed by atoms with Crippen LogP contribution in [0.25, 0.3) is 10.6 Å². The van der Waals surface area contributed by atoms with Crippen molar-refractivity contribution < 1.29 is 9.32 Å². The third-order valence-electron chi connectivity index (χ3n) is 3.98. The van der Waals surface area contributed by atoms with E-state index in [0.29, 0.717) is 36.3 Å². The third kappa shape index (κ3) is 4.54. The average Bonchev–Trinajstić information content (AvgIpc) is 3.28. The summed E-state index contributed by atoms with van der Waals surface area (Å²) in [7, 11) is 0. The van der Waals surface area contributed by atoms with Gasteiger partial charge in [-0.1, -0.05) is 43.3 Å². The van der Waals surface area contributed by atoms with Crippen LogP contribution >= 0.6 is 11.3 Å². The molecule has 0 spiro atoms. The first-order valence-electron chi connectivity index (χ1n) is 8.66. The Hall–Kier alpha value is -2.54. The number of carbonyl (C=O) groups excluding carboxylic acids is 1. The number of nitrogens with zero attached hydrogens (tertiary/aromatic N) is 3. The lowest BCUT2D eigenvalue weighted by molar-refractivity contribution is 0.0948. The summed E-state index contributed by atoms with van der Waals surface area (Å²) in [5, 5.41) is 9.27. The van der Waals surface area contributed by atoms with E-state index in [9.17, 15) is 4.79 Å². The van der Waals surface area contributed by atoms with Gasteiger partial charge in [-0.05, 0) is 24.8 Å². The molecule has 3 rings (SSSR count). The number of amides is 1. The van der Waals surface area contributed by atoms with Crippen LogP contribution in [0.2, 0.25) is 0 Å². The number of hydrogen-bond acceptors (Lipinski definition) is 6. The second-order valence-electron chi connectivity index (χ2n) is 6.41. The van der Waals surface area contributed by atoms with Crippen LogP contribution in [0.15, 0.2) is 34.2 Å². The summed E-state index contributed by atoms with van der Waals surface area (Å²) < 4.78 is 5.05. The molecule has 0 aliphatic rings. The minimum absolute atomic E-state index is 0.159. The molecule has 0 fully saturated rings. The van der Waals surface area contributed by atoms with E-state index in [2.05, 4.69) is 58.6 Å². The highest BCUT2D eigenvalue weighted by molar-refractivity contribution is 7.13. The van der Waals surface area contributed by atoms with E-state index in [4.69, 9.17) is 4.52 Å². The van der Waals surface area contributed by atoms with Crippen molar-refractivity contribution in [1.29, 1.82) is 0 Å². The first kappa shape index (κ1) is 18.3. The van der Waals surface area contributed by atoms with E-state index < -0.39 is 0 Å². The van der Waals surface area contributed by atoms with Crippen LogP contribution in [0.1, 0.15) is 54.0 Å². The molecule has 0 radical (unpaired) electrons. The fraction of sp³-hybridized carbons (Fsp3) is 0.368. The van der Waals surface area contributed by atoms with Gasteiger partial charge < -0.3 is 9.84 Å². The van der Waals surface area contributed by atoms with Crippen molar-refractivity contribution in [3.8, 4) is 10.6 Å². The molecule has 6 nitrogen and oxygen atoms in total. The van der Waals surface area contributed by atoms with Crippen molar-refractivity contribution in [2.75, 3.05) is 6.54 Å². The summed E-state index contributed by atoms with van der Waals surface area (Å²) in [4.78, 5) is 20.8. The molecule has 0 saturated heterocycles. The van der Waals surface area contributed by atoms with Crippen LogP contribution in [0.3, 0.4) is 0 Å². The highest BCUT2D eigenvalue weighted by Crippen LogP contribution is 2.25. The maximum absolute atomic E-state index is 12.2. The lowest BCUT2D eigenvalue weighted by Gasteiger charge is -2.05. The van der Waals surface area contributed by atoms with Crippen LogP contribution in [-0.4, -0.2) is 27.6 Å². The van der Waals surface area contributed by atoms with Gasteiger partial charge in [0.25, 0.3) is 5.91 Å². The Labute approximate surface area is 156 Å². The van der Waals surface area contributed by atoms with Crippen molar-refractivity contribution in [2.24, 2.45) is 0 Å². The number of aromatic nitrogens is 3. The van der Waals surface area contributed by atoms with Gasteiger partial charge >= 0.3 is 0 Å². The minimum atomic E-state index is -0.159. The highest BCUT2D eigenvalue weighted by Gasteiger charge is 2.12. The largest absolute Gasteiger partial charge is 0.351 e. The number of carbonyl (C=O) groups is 1. The number of rotatable bonds is 7. The predicted molar refractivity (Wildman–Crippen MR) is 101 cm³/mol. The Morgan fingerprint density at radius 1 is 1.23 bits per heavy atom. The number of aryl methyl sites for hydroxylation is 2. The molecule has 2 aromatic heterocycles. The molecular formula is C19H22N4O2S.